The predicted octanol–water partition coefficient (Wildman–Crippen LogP) is 3.72. The summed E-state index contributed by atoms with van der Waals surface area (Å²) in [5.74, 6) is 2.51. The molecular weight excluding hydrogens is 389 g/mol. The summed E-state index contributed by atoms with van der Waals surface area (Å²) in [6.45, 7) is 10.9. The molecule has 0 saturated heterocycles. The summed E-state index contributed by atoms with van der Waals surface area (Å²) in [6, 6.07) is 6.27. The minimum Gasteiger partial charge on any atom is -0.494 e. The second-order valence-electron chi connectivity index (χ2n) is 5.57. The van der Waals surface area contributed by atoms with Crippen LogP contribution < -0.4 is 15.4 Å². The molecule has 0 fully saturated rings. The molecule has 0 aliphatic rings. The lowest BCUT2D eigenvalue weighted by Crippen LogP contribution is -2.37. The molecule has 0 heterocycles. The van der Waals surface area contributed by atoms with Gasteiger partial charge in [-0.1, -0.05) is 26.0 Å². The fraction of sp³-hybridized carbons (Fsp3) is 0.588. The first-order valence-electron chi connectivity index (χ1n) is 7.73. The summed E-state index contributed by atoms with van der Waals surface area (Å²) in [5, 5.41) is 6.67. The molecule has 4 nitrogen and oxygen atoms in total. The highest BCUT2D eigenvalue weighted by atomic mass is 127. The van der Waals surface area contributed by atoms with Crippen LogP contribution in [-0.2, 0) is 6.54 Å². The second-order valence-corrected chi connectivity index (χ2v) is 5.57. The fourth-order valence-electron chi connectivity index (χ4n) is 2.02. The standard InChI is InChI=1S/C17H29N3O.HI/c1-6-21-16-8-7-15(11-14(16)4)12-20-17(18-5)19-10-9-13(2)3;/h7-8,11,13H,6,9-10,12H2,1-5H3,(H2,18,19,20);1H. The van der Waals surface area contributed by atoms with Crippen LogP contribution in [-0.4, -0.2) is 26.2 Å². The van der Waals surface area contributed by atoms with Gasteiger partial charge >= 0.3 is 0 Å². The number of hydrogen-bond donors (Lipinski definition) is 2. The summed E-state index contributed by atoms with van der Waals surface area (Å²) in [6.07, 6.45) is 1.14. The highest BCUT2D eigenvalue weighted by Gasteiger charge is 2.02. The molecular formula is C17H30IN3O. The first-order valence-corrected chi connectivity index (χ1v) is 7.73. The number of rotatable bonds is 7. The van der Waals surface area contributed by atoms with E-state index in [1.165, 1.54) is 11.1 Å². The molecule has 0 spiro atoms. The van der Waals surface area contributed by atoms with E-state index in [-0.39, 0.29) is 24.0 Å². The number of hydrogen-bond acceptors (Lipinski definition) is 2. The number of aryl methyl sites for hydroxylation is 1. The first-order chi connectivity index (χ1) is 10.1. The van der Waals surface area contributed by atoms with E-state index in [9.17, 15) is 0 Å². The number of ether oxygens (including phenoxy) is 1. The van der Waals surface area contributed by atoms with Gasteiger partial charge in [-0.25, -0.2) is 0 Å². The van der Waals surface area contributed by atoms with Gasteiger partial charge < -0.3 is 15.4 Å². The molecule has 126 valence electrons. The van der Waals surface area contributed by atoms with E-state index in [1.807, 2.05) is 13.0 Å². The van der Waals surface area contributed by atoms with Crippen molar-refractivity contribution >= 4 is 29.9 Å². The maximum absolute atomic E-state index is 5.56. The highest BCUT2D eigenvalue weighted by molar-refractivity contribution is 14.0. The van der Waals surface area contributed by atoms with Gasteiger partial charge in [-0.2, -0.15) is 0 Å². The van der Waals surface area contributed by atoms with E-state index in [0.717, 1.165) is 31.2 Å². The molecule has 0 amide bonds. The van der Waals surface area contributed by atoms with Crippen molar-refractivity contribution in [2.45, 2.75) is 40.7 Å². The summed E-state index contributed by atoms with van der Waals surface area (Å²) < 4.78 is 5.56. The Kier molecular flexibility index (Phi) is 11.1. The molecule has 2 N–H and O–H groups in total. The monoisotopic (exact) mass is 419 g/mol. The van der Waals surface area contributed by atoms with Gasteiger partial charge in [0.2, 0.25) is 0 Å². The van der Waals surface area contributed by atoms with Gasteiger partial charge in [-0.3, -0.25) is 4.99 Å². The minimum absolute atomic E-state index is 0. The maximum atomic E-state index is 5.56. The van der Waals surface area contributed by atoms with E-state index in [4.69, 9.17) is 4.74 Å². The zero-order chi connectivity index (χ0) is 15.7. The van der Waals surface area contributed by atoms with Gasteiger partial charge in [-0.15, -0.1) is 24.0 Å². The molecule has 0 aliphatic carbocycles. The van der Waals surface area contributed by atoms with Crippen molar-refractivity contribution in [3.63, 3.8) is 0 Å². The first kappa shape index (κ1) is 21.0. The highest BCUT2D eigenvalue weighted by Crippen LogP contribution is 2.18. The van der Waals surface area contributed by atoms with Crippen molar-refractivity contribution in [3.05, 3.63) is 29.3 Å². The Morgan fingerprint density at radius 3 is 2.55 bits per heavy atom. The molecule has 0 saturated carbocycles. The largest absolute Gasteiger partial charge is 0.494 e. The summed E-state index contributed by atoms with van der Waals surface area (Å²) in [7, 11) is 1.80. The van der Waals surface area contributed by atoms with Crippen molar-refractivity contribution in [1.29, 1.82) is 0 Å². The van der Waals surface area contributed by atoms with Crippen LogP contribution in [0.15, 0.2) is 23.2 Å². The number of aliphatic imine (C=N–C) groups is 1. The number of benzene rings is 1. The number of guanidine groups is 1. The van der Waals surface area contributed by atoms with Crippen molar-refractivity contribution in [2.75, 3.05) is 20.2 Å². The topological polar surface area (TPSA) is 45.6 Å². The zero-order valence-electron chi connectivity index (χ0n) is 14.4. The lowest BCUT2D eigenvalue weighted by molar-refractivity contribution is 0.338. The van der Waals surface area contributed by atoms with Crippen LogP contribution in [0.25, 0.3) is 0 Å². The van der Waals surface area contributed by atoms with Crippen LogP contribution in [0, 0.1) is 12.8 Å². The molecule has 0 bridgehead atoms. The molecule has 0 radical (unpaired) electrons. The fourth-order valence-corrected chi connectivity index (χ4v) is 2.02. The minimum atomic E-state index is 0. The molecule has 22 heavy (non-hydrogen) atoms. The average molecular weight is 419 g/mol. The Balaban J connectivity index is 0.00000441. The van der Waals surface area contributed by atoms with E-state index in [0.29, 0.717) is 12.5 Å². The lowest BCUT2D eigenvalue weighted by Gasteiger charge is -2.14. The third-order valence-electron chi connectivity index (χ3n) is 3.24. The summed E-state index contributed by atoms with van der Waals surface area (Å²) in [5.41, 5.74) is 2.39. The Bertz CT molecular complexity index is 461. The van der Waals surface area contributed by atoms with Crippen molar-refractivity contribution in [1.82, 2.24) is 10.6 Å². The van der Waals surface area contributed by atoms with Crippen LogP contribution in [0.3, 0.4) is 0 Å². The molecule has 0 atom stereocenters. The van der Waals surface area contributed by atoms with Crippen LogP contribution >= 0.6 is 24.0 Å². The third-order valence-corrected chi connectivity index (χ3v) is 3.24. The van der Waals surface area contributed by atoms with Crippen LogP contribution in [0.5, 0.6) is 5.75 Å². The number of halogens is 1. The van der Waals surface area contributed by atoms with Crippen LogP contribution in [0.2, 0.25) is 0 Å². The molecule has 0 aromatic heterocycles. The van der Waals surface area contributed by atoms with Gasteiger partial charge in [0, 0.05) is 20.1 Å². The van der Waals surface area contributed by atoms with E-state index < -0.39 is 0 Å². The van der Waals surface area contributed by atoms with Crippen LogP contribution in [0.4, 0.5) is 0 Å². The predicted molar refractivity (Wildman–Crippen MR) is 105 cm³/mol. The second kappa shape index (κ2) is 11.6. The van der Waals surface area contributed by atoms with Gasteiger partial charge in [-0.05, 0) is 43.4 Å². The Morgan fingerprint density at radius 2 is 2.00 bits per heavy atom. The molecule has 0 unspecified atom stereocenters. The quantitative estimate of drug-likeness (QED) is 0.402. The number of nitrogens with zero attached hydrogens (tertiary/aromatic N) is 1. The Labute approximate surface area is 152 Å². The smallest absolute Gasteiger partial charge is 0.191 e. The number of nitrogens with one attached hydrogen (secondary N) is 2. The van der Waals surface area contributed by atoms with Crippen LogP contribution in [0.1, 0.15) is 38.3 Å². The van der Waals surface area contributed by atoms with E-state index in [1.54, 1.807) is 7.05 Å². The summed E-state index contributed by atoms with van der Waals surface area (Å²) >= 11 is 0. The van der Waals surface area contributed by atoms with Crippen molar-refractivity contribution < 1.29 is 4.74 Å². The molecule has 1 aromatic carbocycles. The third kappa shape index (κ3) is 7.87. The molecule has 0 aliphatic heterocycles. The molecule has 5 heteroatoms. The Morgan fingerprint density at radius 1 is 1.27 bits per heavy atom. The van der Waals surface area contributed by atoms with Crippen molar-refractivity contribution in [2.24, 2.45) is 10.9 Å². The Hall–Kier alpha value is -0.980. The summed E-state index contributed by atoms with van der Waals surface area (Å²) in [4.78, 5) is 4.24. The van der Waals surface area contributed by atoms with E-state index >= 15 is 0 Å². The van der Waals surface area contributed by atoms with Gasteiger partial charge in [0.15, 0.2) is 5.96 Å². The average Bonchev–Trinajstić information content (AvgIpc) is 2.45. The molecule has 1 aromatic rings. The van der Waals surface area contributed by atoms with Gasteiger partial charge in [0.1, 0.15) is 5.75 Å². The van der Waals surface area contributed by atoms with Gasteiger partial charge in [0.05, 0.1) is 6.61 Å². The SMILES string of the molecule is CCOc1ccc(CNC(=NC)NCCC(C)C)cc1C.I. The van der Waals surface area contributed by atoms with E-state index in [2.05, 4.69) is 48.5 Å². The lowest BCUT2D eigenvalue weighted by atomic mass is 10.1. The van der Waals surface area contributed by atoms with Crippen molar-refractivity contribution in [3.8, 4) is 5.75 Å². The zero-order valence-corrected chi connectivity index (χ0v) is 16.7. The molecule has 1 rings (SSSR count). The normalized spacial score (nSPS) is 11.1. The maximum Gasteiger partial charge on any atom is 0.191 e. The van der Waals surface area contributed by atoms with Gasteiger partial charge in [0.25, 0.3) is 0 Å².